The molecule has 0 atom stereocenters. The number of aromatic nitrogens is 1. The van der Waals surface area contributed by atoms with Crippen LogP contribution >= 0.6 is 0 Å². The van der Waals surface area contributed by atoms with Crippen LogP contribution in [0.25, 0.3) is 0 Å². The van der Waals surface area contributed by atoms with E-state index in [0.29, 0.717) is 12.1 Å². The molecule has 0 unspecified atom stereocenters. The van der Waals surface area contributed by atoms with Crippen LogP contribution in [0.4, 0.5) is 11.4 Å². The maximum atomic E-state index is 12.9. The van der Waals surface area contributed by atoms with Crippen molar-refractivity contribution in [2.45, 2.75) is 12.8 Å². The number of likely N-dealkylation sites (tertiary alicyclic amines) is 1. The molecule has 5 nitrogen and oxygen atoms in total. The van der Waals surface area contributed by atoms with Crippen molar-refractivity contribution < 1.29 is 4.79 Å². The number of pyridine rings is 1. The molecule has 0 aliphatic carbocycles. The van der Waals surface area contributed by atoms with E-state index < -0.39 is 0 Å². The van der Waals surface area contributed by atoms with Gasteiger partial charge in [-0.15, -0.1) is 0 Å². The normalized spacial score (nSPS) is 17.6. The van der Waals surface area contributed by atoms with Crippen molar-refractivity contribution in [2.75, 3.05) is 49.1 Å². The minimum atomic E-state index is 0.0275. The molecule has 0 spiro atoms. The maximum Gasteiger partial charge on any atom is 0.259 e. The van der Waals surface area contributed by atoms with Crippen LogP contribution in [-0.4, -0.2) is 55.1 Å². The van der Waals surface area contributed by atoms with Crippen molar-refractivity contribution in [3.05, 3.63) is 54.4 Å². The van der Waals surface area contributed by atoms with Crippen LogP contribution in [0.1, 0.15) is 23.2 Å². The zero-order chi connectivity index (χ0) is 17.1. The molecule has 4 rings (SSSR count). The molecule has 2 aliphatic heterocycles. The van der Waals surface area contributed by atoms with Crippen LogP contribution in [0.5, 0.6) is 0 Å². The number of rotatable bonds is 4. The van der Waals surface area contributed by atoms with E-state index in [0.717, 1.165) is 31.0 Å². The third-order valence-corrected chi connectivity index (χ3v) is 5.15. The highest BCUT2D eigenvalue weighted by molar-refractivity contribution is 6.08. The lowest BCUT2D eigenvalue weighted by Gasteiger charge is -2.38. The number of benzene rings is 1. The second-order valence-corrected chi connectivity index (χ2v) is 6.72. The monoisotopic (exact) mass is 336 g/mol. The van der Waals surface area contributed by atoms with Gasteiger partial charge in [0.05, 0.1) is 16.9 Å². The smallest absolute Gasteiger partial charge is 0.259 e. The number of para-hydroxylation sites is 2. The summed E-state index contributed by atoms with van der Waals surface area (Å²) in [4.78, 5) is 23.8. The van der Waals surface area contributed by atoms with Gasteiger partial charge in [-0.1, -0.05) is 12.1 Å². The number of nitrogens with zero attached hydrogens (tertiary/aromatic N) is 4. The predicted octanol–water partition coefficient (Wildman–Crippen LogP) is 2.64. The van der Waals surface area contributed by atoms with E-state index in [1.165, 1.54) is 25.9 Å². The summed E-state index contributed by atoms with van der Waals surface area (Å²) in [6, 6.07) is 11.9. The summed E-state index contributed by atoms with van der Waals surface area (Å²) in [5.41, 5.74) is 2.80. The van der Waals surface area contributed by atoms with Gasteiger partial charge in [0.25, 0.3) is 5.91 Å². The maximum absolute atomic E-state index is 12.9. The van der Waals surface area contributed by atoms with E-state index in [-0.39, 0.29) is 5.91 Å². The van der Waals surface area contributed by atoms with Crippen molar-refractivity contribution in [3.8, 4) is 0 Å². The van der Waals surface area contributed by atoms with Crippen molar-refractivity contribution in [2.24, 2.45) is 0 Å². The largest absolute Gasteiger partial charge is 0.367 e. The average molecular weight is 336 g/mol. The molecule has 1 fully saturated rings. The Bertz CT molecular complexity index is 727. The molecule has 130 valence electrons. The van der Waals surface area contributed by atoms with Gasteiger partial charge in [-0.05, 0) is 50.2 Å². The van der Waals surface area contributed by atoms with Gasteiger partial charge in [0.15, 0.2) is 0 Å². The van der Waals surface area contributed by atoms with Crippen LogP contribution in [0.3, 0.4) is 0 Å². The van der Waals surface area contributed by atoms with E-state index in [1.54, 1.807) is 12.4 Å². The van der Waals surface area contributed by atoms with Crippen LogP contribution < -0.4 is 9.80 Å². The first-order valence-electron chi connectivity index (χ1n) is 9.11. The highest BCUT2D eigenvalue weighted by Crippen LogP contribution is 2.33. The van der Waals surface area contributed by atoms with Gasteiger partial charge in [0, 0.05) is 38.6 Å². The highest BCUT2D eigenvalue weighted by atomic mass is 16.2. The molecule has 1 aromatic heterocycles. The predicted molar refractivity (Wildman–Crippen MR) is 100 cm³/mol. The number of carbonyl (C=O) groups is 1. The Balaban J connectivity index is 1.53. The van der Waals surface area contributed by atoms with E-state index in [9.17, 15) is 4.79 Å². The topological polar surface area (TPSA) is 39.7 Å². The second-order valence-electron chi connectivity index (χ2n) is 6.72. The molecular weight excluding hydrogens is 312 g/mol. The fourth-order valence-corrected chi connectivity index (χ4v) is 3.78. The van der Waals surface area contributed by atoms with Gasteiger partial charge < -0.3 is 14.7 Å². The SMILES string of the molecule is O=C(c1cccnc1)N1CCN(CCN2CCCC2)c2ccccc21. The van der Waals surface area contributed by atoms with E-state index in [2.05, 4.69) is 26.9 Å². The number of hydrogen-bond acceptors (Lipinski definition) is 4. The second kappa shape index (κ2) is 7.23. The summed E-state index contributed by atoms with van der Waals surface area (Å²) in [7, 11) is 0. The Kier molecular flexibility index (Phi) is 4.65. The van der Waals surface area contributed by atoms with Gasteiger partial charge in [-0.2, -0.15) is 0 Å². The molecule has 1 amide bonds. The van der Waals surface area contributed by atoms with Crippen molar-refractivity contribution in [3.63, 3.8) is 0 Å². The zero-order valence-electron chi connectivity index (χ0n) is 14.5. The Morgan fingerprint density at radius 3 is 2.48 bits per heavy atom. The Morgan fingerprint density at radius 1 is 0.920 bits per heavy atom. The average Bonchev–Trinajstić information content (AvgIpc) is 3.20. The Labute approximate surface area is 148 Å². The first-order chi connectivity index (χ1) is 12.3. The first kappa shape index (κ1) is 16.1. The van der Waals surface area contributed by atoms with E-state index in [4.69, 9.17) is 0 Å². The van der Waals surface area contributed by atoms with E-state index in [1.807, 2.05) is 29.2 Å². The third-order valence-electron chi connectivity index (χ3n) is 5.15. The molecular formula is C20H24N4O. The minimum Gasteiger partial charge on any atom is -0.367 e. The molecule has 0 saturated carbocycles. The van der Waals surface area contributed by atoms with Crippen LogP contribution in [0.2, 0.25) is 0 Å². The first-order valence-corrected chi connectivity index (χ1v) is 9.11. The lowest BCUT2D eigenvalue weighted by molar-refractivity contribution is 0.0986. The third kappa shape index (κ3) is 3.37. The van der Waals surface area contributed by atoms with Gasteiger partial charge in [0.2, 0.25) is 0 Å². The molecule has 0 bridgehead atoms. The molecule has 1 saturated heterocycles. The lowest BCUT2D eigenvalue weighted by Crippen LogP contribution is -2.46. The summed E-state index contributed by atoms with van der Waals surface area (Å²) in [6.07, 6.45) is 5.99. The summed E-state index contributed by atoms with van der Waals surface area (Å²) in [5, 5.41) is 0. The molecule has 5 heteroatoms. The van der Waals surface area contributed by atoms with Gasteiger partial charge in [0.1, 0.15) is 0 Å². The molecule has 1 aromatic carbocycles. The molecule has 2 aromatic rings. The van der Waals surface area contributed by atoms with Crippen LogP contribution in [0, 0.1) is 0 Å². The molecule has 0 radical (unpaired) electrons. The number of hydrogen-bond donors (Lipinski definition) is 0. The van der Waals surface area contributed by atoms with Gasteiger partial charge in [-0.25, -0.2) is 0 Å². The number of fused-ring (bicyclic) bond motifs is 1. The molecule has 0 N–H and O–H groups in total. The molecule has 3 heterocycles. The standard InChI is InChI=1S/C20H24N4O/c25-20(17-6-5-9-21-16-17)24-15-14-23(13-12-22-10-3-4-11-22)18-7-1-2-8-19(18)24/h1-2,5-9,16H,3-4,10-15H2. The van der Waals surface area contributed by atoms with E-state index >= 15 is 0 Å². The Morgan fingerprint density at radius 2 is 1.72 bits per heavy atom. The number of carbonyl (C=O) groups excluding carboxylic acids is 1. The highest BCUT2D eigenvalue weighted by Gasteiger charge is 2.27. The summed E-state index contributed by atoms with van der Waals surface area (Å²) < 4.78 is 0. The summed E-state index contributed by atoms with van der Waals surface area (Å²) in [6.45, 7) is 6.15. The number of amides is 1. The van der Waals surface area contributed by atoms with Crippen molar-refractivity contribution in [1.82, 2.24) is 9.88 Å². The lowest BCUT2D eigenvalue weighted by atomic mass is 10.1. The van der Waals surface area contributed by atoms with Crippen LogP contribution in [-0.2, 0) is 0 Å². The van der Waals surface area contributed by atoms with Gasteiger partial charge in [-0.3, -0.25) is 9.78 Å². The quantitative estimate of drug-likeness (QED) is 0.860. The zero-order valence-corrected chi connectivity index (χ0v) is 14.5. The molecule has 25 heavy (non-hydrogen) atoms. The summed E-state index contributed by atoms with van der Waals surface area (Å²) >= 11 is 0. The minimum absolute atomic E-state index is 0.0275. The van der Waals surface area contributed by atoms with Crippen LogP contribution in [0.15, 0.2) is 48.8 Å². The fourth-order valence-electron chi connectivity index (χ4n) is 3.78. The Hall–Kier alpha value is -2.40. The number of anilines is 2. The fraction of sp³-hybridized carbons (Fsp3) is 0.400. The van der Waals surface area contributed by atoms with Crippen molar-refractivity contribution in [1.29, 1.82) is 0 Å². The van der Waals surface area contributed by atoms with Gasteiger partial charge >= 0.3 is 0 Å². The summed E-state index contributed by atoms with van der Waals surface area (Å²) in [5.74, 6) is 0.0275. The van der Waals surface area contributed by atoms with Crippen molar-refractivity contribution >= 4 is 17.3 Å². The molecule has 2 aliphatic rings.